The molecule has 14 heavy (non-hydrogen) atoms. The zero-order chi connectivity index (χ0) is 10.1. The number of nitrogens with zero attached hydrogens (tertiary/aromatic N) is 1. The normalized spacial score (nSPS) is 16.4. The van der Waals surface area contributed by atoms with E-state index in [2.05, 4.69) is 15.9 Å². The lowest BCUT2D eigenvalue weighted by Crippen LogP contribution is -2.23. The molecule has 74 valence electrons. The number of anilines is 1. The Morgan fingerprint density at radius 2 is 2.21 bits per heavy atom. The van der Waals surface area contributed by atoms with Crippen molar-refractivity contribution in [1.29, 1.82) is 0 Å². The monoisotopic (exact) mass is 257 g/mol. The highest BCUT2D eigenvalue weighted by atomic mass is 79.9. The maximum Gasteiger partial charge on any atom is 0.227 e. The second-order valence-electron chi connectivity index (χ2n) is 3.25. The van der Waals surface area contributed by atoms with Crippen molar-refractivity contribution >= 4 is 27.5 Å². The fourth-order valence-corrected chi connectivity index (χ4v) is 1.82. The predicted molar refractivity (Wildman–Crippen MR) is 55.7 cm³/mol. The van der Waals surface area contributed by atoms with Gasteiger partial charge in [-0.05, 0) is 40.5 Å². The second kappa shape index (κ2) is 3.69. The smallest absolute Gasteiger partial charge is 0.227 e. The topological polar surface area (TPSA) is 20.3 Å². The first kappa shape index (κ1) is 9.65. The summed E-state index contributed by atoms with van der Waals surface area (Å²) in [6.07, 6.45) is 1.42. The average molecular weight is 258 g/mol. The van der Waals surface area contributed by atoms with Crippen molar-refractivity contribution in [3.63, 3.8) is 0 Å². The van der Waals surface area contributed by atoms with Crippen molar-refractivity contribution in [2.75, 3.05) is 11.4 Å². The van der Waals surface area contributed by atoms with Gasteiger partial charge in [-0.1, -0.05) is 0 Å². The molecule has 1 aliphatic heterocycles. The molecule has 2 nitrogen and oxygen atoms in total. The molecule has 0 spiro atoms. The van der Waals surface area contributed by atoms with E-state index >= 15 is 0 Å². The molecule has 0 radical (unpaired) electrons. The van der Waals surface area contributed by atoms with Gasteiger partial charge in [0.1, 0.15) is 5.82 Å². The Morgan fingerprint density at radius 1 is 1.43 bits per heavy atom. The van der Waals surface area contributed by atoms with Crippen molar-refractivity contribution < 1.29 is 9.18 Å². The number of carbonyl (C=O) groups is 1. The second-order valence-corrected chi connectivity index (χ2v) is 4.10. The maximum absolute atomic E-state index is 13.2. The Bertz CT molecular complexity index is 380. The molecule has 0 atom stereocenters. The van der Waals surface area contributed by atoms with Crippen LogP contribution in [0.25, 0.3) is 0 Å². The van der Waals surface area contributed by atoms with E-state index in [0.717, 1.165) is 6.42 Å². The summed E-state index contributed by atoms with van der Waals surface area (Å²) in [6, 6.07) is 4.75. The minimum Gasteiger partial charge on any atom is -0.312 e. The summed E-state index contributed by atoms with van der Waals surface area (Å²) in [6.45, 7) is 0.694. The lowest BCUT2D eigenvalue weighted by atomic mass is 10.3. The highest BCUT2D eigenvalue weighted by molar-refractivity contribution is 9.10. The molecule has 0 unspecified atom stereocenters. The van der Waals surface area contributed by atoms with Crippen molar-refractivity contribution in [1.82, 2.24) is 0 Å². The van der Waals surface area contributed by atoms with Gasteiger partial charge in [-0.3, -0.25) is 4.79 Å². The SMILES string of the molecule is O=C1CCCN1c1ccc(Br)c(F)c1. The van der Waals surface area contributed by atoms with Crippen molar-refractivity contribution in [3.8, 4) is 0 Å². The van der Waals surface area contributed by atoms with E-state index in [9.17, 15) is 9.18 Å². The molecule has 0 aliphatic carbocycles. The largest absolute Gasteiger partial charge is 0.312 e. The first-order valence-electron chi connectivity index (χ1n) is 4.44. The van der Waals surface area contributed by atoms with E-state index in [-0.39, 0.29) is 11.7 Å². The maximum atomic E-state index is 13.2. The molecular weight excluding hydrogens is 249 g/mol. The van der Waals surface area contributed by atoms with E-state index in [1.165, 1.54) is 6.07 Å². The van der Waals surface area contributed by atoms with Gasteiger partial charge in [-0.15, -0.1) is 0 Å². The van der Waals surface area contributed by atoms with Crippen molar-refractivity contribution in [3.05, 3.63) is 28.5 Å². The average Bonchev–Trinajstić information content (AvgIpc) is 2.57. The molecule has 1 aromatic rings. The molecule has 1 aromatic carbocycles. The number of benzene rings is 1. The van der Waals surface area contributed by atoms with Crippen LogP contribution in [-0.2, 0) is 4.79 Å². The van der Waals surface area contributed by atoms with E-state index in [0.29, 0.717) is 23.1 Å². The third kappa shape index (κ3) is 1.66. The van der Waals surface area contributed by atoms with Crippen LogP contribution < -0.4 is 4.90 Å². The summed E-state index contributed by atoms with van der Waals surface area (Å²) in [4.78, 5) is 13.0. The van der Waals surface area contributed by atoms with E-state index < -0.39 is 0 Å². The number of amides is 1. The minimum atomic E-state index is -0.331. The Morgan fingerprint density at radius 3 is 2.79 bits per heavy atom. The zero-order valence-electron chi connectivity index (χ0n) is 7.46. The highest BCUT2D eigenvalue weighted by Crippen LogP contribution is 2.25. The van der Waals surface area contributed by atoms with Crippen LogP contribution in [0.4, 0.5) is 10.1 Å². The third-order valence-corrected chi connectivity index (χ3v) is 2.93. The Balaban J connectivity index is 2.32. The van der Waals surface area contributed by atoms with Gasteiger partial charge in [0.05, 0.1) is 4.47 Å². The summed E-state index contributed by atoms with van der Waals surface area (Å²) in [7, 11) is 0. The molecule has 1 saturated heterocycles. The van der Waals surface area contributed by atoms with Gasteiger partial charge >= 0.3 is 0 Å². The fraction of sp³-hybridized carbons (Fsp3) is 0.300. The molecular formula is C10H9BrFNO. The van der Waals surface area contributed by atoms with E-state index in [1.807, 2.05) is 0 Å². The molecule has 1 heterocycles. The van der Waals surface area contributed by atoms with Gasteiger partial charge in [-0.25, -0.2) is 4.39 Å². The van der Waals surface area contributed by atoms with Crippen LogP contribution in [0, 0.1) is 5.82 Å². The van der Waals surface area contributed by atoms with E-state index in [4.69, 9.17) is 0 Å². The van der Waals surface area contributed by atoms with Crippen LogP contribution in [0.5, 0.6) is 0 Å². The molecule has 0 N–H and O–H groups in total. The number of hydrogen-bond acceptors (Lipinski definition) is 1. The Labute approximate surface area is 89.8 Å². The molecule has 2 rings (SSSR count). The van der Waals surface area contributed by atoms with Crippen LogP contribution in [0.3, 0.4) is 0 Å². The summed E-state index contributed by atoms with van der Waals surface area (Å²) in [5, 5.41) is 0. The van der Waals surface area contributed by atoms with Crippen LogP contribution in [0.1, 0.15) is 12.8 Å². The van der Waals surface area contributed by atoms with Gasteiger partial charge in [0.25, 0.3) is 0 Å². The summed E-state index contributed by atoms with van der Waals surface area (Å²) in [5.41, 5.74) is 0.646. The lowest BCUT2D eigenvalue weighted by Gasteiger charge is -2.15. The van der Waals surface area contributed by atoms with Gasteiger partial charge < -0.3 is 4.90 Å². The Kier molecular flexibility index (Phi) is 2.54. The third-order valence-electron chi connectivity index (χ3n) is 2.29. The standard InChI is InChI=1S/C10H9BrFNO/c11-8-4-3-7(6-9(8)12)13-5-1-2-10(13)14/h3-4,6H,1-2,5H2. The molecule has 1 fully saturated rings. The zero-order valence-corrected chi connectivity index (χ0v) is 9.05. The summed E-state index contributed by atoms with van der Waals surface area (Å²) >= 11 is 3.07. The molecule has 0 bridgehead atoms. The summed E-state index contributed by atoms with van der Waals surface area (Å²) < 4.78 is 13.6. The number of carbonyl (C=O) groups excluding carboxylic acids is 1. The van der Waals surface area contributed by atoms with Crippen LogP contribution in [0.15, 0.2) is 22.7 Å². The van der Waals surface area contributed by atoms with Gasteiger partial charge in [0, 0.05) is 18.7 Å². The summed E-state index contributed by atoms with van der Waals surface area (Å²) in [5.74, 6) is -0.256. The molecule has 4 heteroatoms. The molecule has 0 saturated carbocycles. The molecule has 1 amide bonds. The predicted octanol–water partition coefficient (Wildman–Crippen LogP) is 2.72. The van der Waals surface area contributed by atoms with Crippen LogP contribution in [0.2, 0.25) is 0 Å². The van der Waals surface area contributed by atoms with Crippen molar-refractivity contribution in [2.24, 2.45) is 0 Å². The number of rotatable bonds is 1. The Hall–Kier alpha value is -0.900. The minimum absolute atomic E-state index is 0.0757. The highest BCUT2D eigenvalue weighted by Gasteiger charge is 2.22. The van der Waals surface area contributed by atoms with Crippen LogP contribution >= 0.6 is 15.9 Å². The van der Waals surface area contributed by atoms with Crippen LogP contribution in [-0.4, -0.2) is 12.5 Å². The fourth-order valence-electron chi connectivity index (χ4n) is 1.57. The van der Waals surface area contributed by atoms with Gasteiger partial charge in [0.15, 0.2) is 0 Å². The first-order valence-corrected chi connectivity index (χ1v) is 5.23. The number of hydrogen-bond donors (Lipinski definition) is 0. The van der Waals surface area contributed by atoms with Crippen molar-refractivity contribution in [2.45, 2.75) is 12.8 Å². The quantitative estimate of drug-likeness (QED) is 0.758. The van der Waals surface area contributed by atoms with Gasteiger partial charge in [-0.2, -0.15) is 0 Å². The number of halogens is 2. The first-order chi connectivity index (χ1) is 6.68. The molecule has 0 aromatic heterocycles. The molecule has 1 aliphatic rings. The van der Waals surface area contributed by atoms with E-state index in [1.54, 1.807) is 17.0 Å². The van der Waals surface area contributed by atoms with Gasteiger partial charge in [0.2, 0.25) is 5.91 Å². The lowest BCUT2D eigenvalue weighted by molar-refractivity contribution is -0.117.